The molecule has 1 heterocycles. The normalized spacial score (nSPS) is 16.7. The van der Waals surface area contributed by atoms with Crippen molar-refractivity contribution in [1.82, 2.24) is 20.4 Å². The number of aromatic nitrogens is 2. The van der Waals surface area contributed by atoms with Crippen LogP contribution in [0.5, 0.6) is 0 Å². The Morgan fingerprint density at radius 3 is 2.61 bits per heavy atom. The lowest BCUT2D eigenvalue weighted by Gasteiger charge is -2.19. The van der Waals surface area contributed by atoms with Gasteiger partial charge in [0.05, 0.1) is 12.2 Å². The van der Waals surface area contributed by atoms with Gasteiger partial charge in [0.15, 0.2) is 0 Å². The summed E-state index contributed by atoms with van der Waals surface area (Å²) < 4.78 is 1.82. The lowest BCUT2D eigenvalue weighted by atomic mass is 9.96. The fraction of sp³-hybridized carbons (Fsp3) is 0.444. The van der Waals surface area contributed by atoms with Gasteiger partial charge in [0.1, 0.15) is 0 Å². The lowest BCUT2D eigenvalue weighted by Crippen LogP contribution is -2.40. The number of urea groups is 1. The molecule has 23 heavy (non-hydrogen) atoms. The summed E-state index contributed by atoms with van der Waals surface area (Å²) in [5, 5.41) is 10.3. The van der Waals surface area contributed by atoms with Crippen LogP contribution in [-0.2, 0) is 12.5 Å². The van der Waals surface area contributed by atoms with Gasteiger partial charge < -0.3 is 10.6 Å². The highest BCUT2D eigenvalue weighted by atomic mass is 16.2. The van der Waals surface area contributed by atoms with Gasteiger partial charge in [-0.25, -0.2) is 4.79 Å². The molecule has 1 aliphatic carbocycles. The van der Waals surface area contributed by atoms with E-state index in [1.807, 2.05) is 37.8 Å². The van der Waals surface area contributed by atoms with Crippen LogP contribution in [0.2, 0.25) is 0 Å². The number of benzene rings is 1. The van der Waals surface area contributed by atoms with Crippen molar-refractivity contribution in [2.75, 3.05) is 6.54 Å². The Bertz CT molecular complexity index is 688. The predicted octanol–water partition coefficient (Wildman–Crippen LogP) is 2.82. The van der Waals surface area contributed by atoms with Crippen LogP contribution in [-0.4, -0.2) is 22.4 Å². The Kier molecular flexibility index (Phi) is 4.11. The third-order valence-corrected chi connectivity index (χ3v) is 4.91. The number of nitrogens with one attached hydrogen (secondary N) is 2. The van der Waals surface area contributed by atoms with Crippen molar-refractivity contribution in [3.8, 4) is 0 Å². The maximum atomic E-state index is 12.2. The first kappa shape index (κ1) is 15.6. The van der Waals surface area contributed by atoms with Gasteiger partial charge in [0.25, 0.3) is 0 Å². The second kappa shape index (κ2) is 6.07. The van der Waals surface area contributed by atoms with E-state index < -0.39 is 0 Å². The van der Waals surface area contributed by atoms with Crippen LogP contribution in [0.15, 0.2) is 36.5 Å². The van der Waals surface area contributed by atoms with E-state index in [0.717, 1.165) is 24.1 Å². The first-order valence-electron chi connectivity index (χ1n) is 8.10. The SMILES string of the molecule is Cc1c(C(C)NC(=O)NCC2(c3ccccc3)CC2)cnn1C. The fourth-order valence-corrected chi connectivity index (χ4v) is 3.03. The van der Waals surface area contributed by atoms with Gasteiger partial charge in [0, 0.05) is 30.3 Å². The maximum absolute atomic E-state index is 12.2. The summed E-state index contributed by atoms with van der Waals surface area (Å²) in [5.74, 6) is 0. The summed E-state index contributed by atoms with van der Waals surface area (Å²) in [4.78, 5) is 12.2. The van der Waals surface area contributed by atoms with Gasteiger partial charge >= 0.3 is 6.03 Å². The zero-order valence-electron chi connectivity index (χ0n) is 14.0. The molecule has 2 amide bonds. The number of carbonyl (C=O) groups excluding carboxylic acids is 1. The van der Waals surface area contributed by atoms with Crippen molar-refractivity contribution in [2.24, 2.45) is 7.05 Å². The Morgan fingerprint density at radius 1 is 1.35 bits per heavy atom. The molecule has 0 aliphatic heterocycles. The van der Waals surface area contributed by atoms with Gasteiger partial charge in [-0.1, -0.05) is 30.3 Å². The number of carbonyl (C=O) groups is 1. The van der Waals surface area contributed by atoms with Gasteiger partial charge in [-0.05, 0) is 32.3 Å². The minimum Gasteiger partial charge on any atom is -0.337 e. The summed E-state index contributed by atoms with van der Waals surface area (Å²) in [6.45, 7) is 4.67. The molecule has 3 rings (SSSR count). The van der Waals surface area contributed by atoms with Crippen LogP contribution in [0, 0.1) is 6.92 Å². The Balaban J connectivity index is 1.55. The molecule has 1 fully saturated rings. The van der Waals surface area contributed by atoms with Crippen LogP contribution in [0.25, 0.3) is 0 Å². The van der Waals surface area contributed by atoms with Crippen LogP contribution in [0.3, 0.4) is 0 Å². The minimum absolute atomic E-state index is 0.0596. The van der Waals surface area contributed by atoms with E-state index >= 15 is 0 Å². The smallest absolute Gasteiger partial charge is 0.315 e. The number of rotatable bonds is 5. The average Bonchev–Trinajstić information content (AvgIpc) is 3.28. The number of hydrogen-bond acceptors (Lipinski definition) is 2. The molecule has 1 aliphatic rings. The molecule has 0 saturated heterocycles. The van der Waals surface area contributed by atoms with E-state index in [2.05, 4.69) is 40.0 Å². The predicted molar refractivity (Wildman–Crippen MR) is 90.2 cm³/mol. The average molecular weight is 312 g/mol. The monoisotopic (exact) mass is 312 g/mol. The van der Waals surface area contributed by atoms with Gasteiger partial charge in [-0.15, -0.1) is 0 Å². The second-order valence-corrected chi connectivity index (χ2v) is 6.50. The number of aryl methyl sites for hydroxylation is 1. The maximum Gasteiger partial charge on any atom is 0.315 e. The summed E-state index contributed by atoms with van der Waals surface area (Å²) in [6.07, 6.45) is 4.08. The van der Waals surface area contributed by atoms with Crippen molar-refractivity contribution in [3.63, 3.8) is 0 Å². The quantitative estimate of drug-likeness (QED) is 0.892. The number of nitrogens with zero attached hydrogens (tertiary/aromatic N) is 2. The van der Waals surface area contributed by atoms with Crippen LogP contribution in [0.4, 0.5) is 4.79 Å². The molecule has 1 aromatic carbocycles. The highest BCUT2D eigenvalue weighted by Crippen LogP contribution is 2.47. The van der Waals surface area contributed by atoms with E-state index in [4.69, 9.17) is 0 Å². The molecule has 0 bridgehead atoms. The van der Waals surface area contributed by atoms with Crippen molar-refractivity contribution in [2.45, 2.75) is 38.1 Å². The highest BCUT2D eigenvalue weighted by molar-refractivity contribution is 5.74. The van der Waals surface area contributed by atoms with Gasteiger partial charge in [-0.3, -0.25) is 4.68 Å². The molecule has 1 saturated carbocycles. The molecule has 2 aromatic rings. The molecule has 1 unspecified atom stereocenters. The Hall–Kier alpha value is -2.30. The van der Waals surface area contributed by atoms with Crippen LogP contribution < -0.4 is 10.6 Å². The second-order valence-electron chi connectivity index (χ2n) is 6.50. The van der Waals surface area contributed by atoms with Crippen LogP contribution in [0.1, 0.15) is 42.6 Å². The summed E-state index contributed by atoms with van der Waals surface area (Å²) in [5.41, 5.74) is 3.57. The Labute approximate surface area is 137 Å². The van der Waals surface area contributed by atoms with Crippen molar-refractivity contribution in [1.29, 1.82) is 0 Å². The van der Waals surface area contributed by atoms with E-state index in [0.29, 0.717) is 6.54 Å². The molecule has 5 nitrogen and oxygen atoms in total. The largest absolute Gasteiger partial charge is 0.337 e. The van der Waals surface area contributed by atoms with E-state index in [9.17, 15) is 4.79 Å². The topological polar surface area (TPSA) is 59.0 Å². The lowest BCUT2D eigenvalue weighted by molar-refractivity contribution is 0.237. The number of amides is 2. The molecule has 5 heteroatoms. The van der Waals surface area contributed by atoms with Crippen molar-refractivity contribution < 1.29 is 4.79 Å². The Morgan fingerprint density at radius 2 is 2.04 bits per heavy atom. The minimum atomic E-state index is -0.122. The molecular weight excluding hydrogens is 288 g/mol. The molecule has 1 aromatic heterocycles. The standard InChI is InChI=1S/C18H24N4O/c1-13(16-11-20-22(3)14(16)2)21-17(23)19-12-18(9-10-18)15-7-5-4-6-8-15/h4-8,11,13H,9-10,12H2,1-3H3,(H2,19,21,23). The molecule has 122 valence electrons. The molecule has 0 radical (unpaired) electrons. The summed E-state index contributed by atoms with van der Waals surface area (Å²) in [7, 11) is 1.91. The highest BCUT2D eigenvalue weighted by Gasteiger charge is 2.44. The summed E-state index contributed by atoms with van der Waals surface area (Å²) in [6, 6.07) is 10.3. The van der Waals surface area contributed by atoms with Gasteiger partial charge in [0.2, 0.25) is 0 Å². The fourth-order valence-electron chi connectivity index (χ4n) is 3.03. The van der Waals surface area contributed by atoms with E-state index in [1.54, 1.807) is 0 Å². The zero-order chi connectivity index (χ0) is 16.4. The van der Waals surface area contributed by atoms with Crippen molar-refractivity contribution in [3.05, 3.63) is 53.3 Å². The first-order valence-corrected chi connectivity index (χ1v) is 8.10. The summed E-state index contributed by atoms with van der Waals surface area (Å²) >= 11 is 0. The van der Waals surface area contributed by atoms with Crippen molar-refractivity contribution >= 4 is 6.03 Å². The first-order chi connectivity index (χ1) is 11.0. The third-order valence-electron chi connectivity index (χ3n) is 4.91. The molecule has 1 atom stereocenters. The van der Waals surface area contributed by atoms with Crippen LogP contribution >= 0.6 is 0 Å². The molecule has 2 N–H and O–H groups in total. The number of hydrogen-bond donors (Lipinski definition) is 2. The van der Waals surface area contributed by atoms with E-state index in [1.165, 1.54) is 5.56 Å². The van der Waals surface area contributed by atoms with E-state index in [-0.39, 0.29) is 17.5 Å². The molecular formula is C18H24N4O. The van der Waals surface area contributed by atoms with Gasteiger partial charge in [-0.2, -0.15) is 5.10 Å². The third kappa shape index (κ3) is 3.23. The zero-order valence-corrected chi connectivity index (χ0v) is 14.0. The molecule has 0 spiro atoms.